The number of fused-ring (bicyclic) bond motifs is 1. The van der Waals surface area contributed by atoms with Crippen molar-refractivity contribution in [3.05, 3.63) is 60.2 Å². The average Bonchev–Trinajstić information content (AvgIpc) is 3.12. The second kappa shape index (κ2) is 5.35. The van der Waals surface area contributed by atoms with Crippen LogP contribution < -0.4 is 5.73 Å². The number of hydrogen-bond acceptors (Lipinski definition) is 3. The van der Waals surface area contributed by atoms with Gasteiger partial charge in [0.2, 0.25) is 0 Å². The van der Waals surface area contributed by atoms with Crippen LogP contribution in [0.3, 0.4) is 0 Å². The summed E-state index contributed by atoms with van der Waals surface area (Å²) in [5.74, 6) is 0.196. The molecule has 2 heterocycles. The molecule has 0 aliphatic rings. The highest BCUT2D eigenvalue weighted by atomic mass is 16.3. The Labute approximate surface area is 116 Å². The van der Waals surface area contributed by atoms with Gasteiger partial charge in [0, 0.05) is 11.6 Å². The van der Waals surface area contributed by atoms with Crippen LogP contribution in [0.4, 0.5) is 0 Å². The Morgan fingerprint density at radius 1 is 1.20 bits per heavy atom. The fourth-order valence-electron chi connectivity index (χ4n) is 2.43. The van der Waals surface area contributed by atoms with Crippen molar-refractivity contribution in [1.82, 2.24) is 4.57 Å². The molecule has 0 unspecified atom stereocenters. The van der Waals surface area contributed by atoms with Gasteiger partial charge in [-0.25, -0.2) is 0 Å². The zero-order valence-corrected chi connectivity index (χ0v) is 11.1. The Bertz CT molecular complexity index is 726. The largest absolute Gasteiger partial charge is 0.459 e. The lowest BCUT2D eigenvalue weighted by atomic mass is 10.1. The van der Waals surface area contributed by atoms with Crippen LogP contribution >= 0.6 is 0 Å². The second-order valence-electron chi connectivity index (χ2n) is 4.72. The van der Waals surface area contributed by atoms with Crippen molar-refractivity contribution in [3.8, 4) is 0 Å². The van der Waals surface area contributed by atoms with Crippen LogP contribution in [0.5, 0.6) is 0 Å². The highest BCUT2D eigenvalue weighted by molar-refractivity contribution is 6.01. The van der Waals surface area contributed by atoms with E-state index in [4.69, 9.17) is 10.2 Å². The van der Waals surface area contributed by atoms with Crippen LogP contribution in [0.1, 0.15) is 22.5 Å². The molecule has 3 aromatic rings. The molecule has 0 aliphatic heterocycles. The lowest BCUT2D eigenvalue weighted by Crippen LogP contribution is -2.09. The first-order chi connectivity index (χ1) is 9.81. The Morgan fingerprint density at radius 2 is 2.05 bits per heavy atom. The number of furan rings is 1. The molecule has 0 spiro atoms. The Kier molecular flexibility index (Phi) is 3.39. The van der Waals surface area contributed by atoms with Crippen molar-refractivity contribution in [2.24, 2.45) is 5.73 Å². The Hall–Kier alpha value is -2.33. The van der Waals surface area contributed by atoms with E-state index in [0.717, 1.165) is 29.3 Å². The fraction of sp³-hybridized carbons (Fsp3) is 0.188. The maximum atomic E-state index is 12.5. The summed E-state index contributed by atoms with van der Waals surface area (Å²) in [5, 5.41) is 1.10. The van der Waals surface area contributed by atoms with Gasteiger partial charge < -0.3 is 10.2 Å². The summed E-state index contributed by atoms with van der Waals surface area (Å²) in [4.78, 5) is 12.5. The predicted molar refractivity (Wildman–Crippen MR) is 77.7 cm³/mol. The van der Waals surface area contributed by atoms with Crippen LogP contribution in [0.2, 0.25) is 0 Å². The number of rotatable bonds is 4. The van der Waals surface area contributed by atoms with E-state index < -0.39 is 0 Å². The molecule has 4 nitrogen and oxygen atoms in total. The summed E-state index contributed by atoms with van der Waals surface area (Å²) in [5.41, 5.74) is 7.62. The number of para-hydroxylation sites is 1. The molecule has 2 aromatic heterocycles. The number of hydrogen-bond donors (Lipinski definition) is 1. The first-order valence-corrected chi connectivity index (χ1v) is 6.68. The lowest BCUT2D eigenvalue weighted by molar-refractivity contribution is 0.0937. The van der Waals surface area contributed by atoms with E-state index in [1.165, 1.54) is 6.26 Å². The van der Waals surface area contributed by atoms with Gasteiger partial charge in [0.1, 0.15) is 0 Å². The molecule has 4 heteroatoms. The Morgan fingerprint density at radius 3 is 2.80 bits per heavy atom. The number of aromatic nitrogens is 1. The van der Waals surface area contributed by atoms with Crippen molar-refractivity contribution >= 4 is 16.8 Å². The van der Waals surface area contributed by atoms with Gasteiger partial charge in [-0.1, -0.05) is 18.2 Å². The van der Waals surface area contributed by atoms with Crippen LogP contribution in [-0.2, 0) is 6.42 Å². The van der Waals surface area contributed by atoms with Gasteiger partial charge in [-0.05, 0) is 43.1 Å². The average molecular weight is 268 g/mol. The third-order valence-electron chi connectivity index (χ3n) is 3.40. The SMILES string of the molecule is NCCCc1cn(C(=O)c2ccco2)c2ccccc12. The molecular weight excluding hydrogens is 252 g/mol. The number of nitrogens with zero attached hydrogens (tertiary/aromatic N) is 1. The van der Waals surface area contributed by atoms with E-state index in [1.807, 2.05) is 30.5 Å². The standard InChI is InChI=1S/C16H16N2O2/c17-9-3-5-12-11-18(14-7-2-1-6-13(12)14)16(19)15-8-4-10-20-15/h1-2,4,6-8,10-11H,3,5,9,17H2. The first kappa shape index (κ1) is 12.7. The first-order valence-electron chi connectivity index (χ1n) is 6.68. The number of carbonyl (C=O) groups is 1. The number of carbonyl (C=O) groups excluding carboxylic acids is 1. The molecule has 0 aliphatic carbocycles. The normalized spacial score (nSPS) is 11.1. The summed E-state index contributed by atoms with van der Waals surface area (Å²) >= 11 is 0. The summed E-state index contributed by atoms with van der Waals surface area (Å²) in [7, 11) is 0. The Balaban J connectivity index is 2.09. The monoisotopic (exact) mass is 268 g/mol. The van der Waals surface area contributed by atoms with Gasteiger partial charge in [0.05, 0.1) is 11.8 Å². The smallest absolute Gasteiger partial charge is 0.298 e. The van der Waals surface area contributed by atoms with Crippen LogP contribution in [0.15, 0.2) is 53.3 Å². The molecule has 0 amide bonds. The number of nitrogens with two attached hydrogens (primary N) is 1. The quantitative estimate of drug-likeness (QED) is 0.791. The predicted octanol–water partition coefficient (Wildman–Crippen LogP) is 2.81. The van der Waals surface area contributed by atoms with Gasteiger partial charge in [-0.2, -0.15) is 0 Å². The molecular formula is C16H16N2O2. The molecule has 20 heavy (non-hydrogen) atoms. The molecule has 0 fully saturated rings. The van der Waals surface area contributed by atoms with Gasteiger partial charge >= 0.3 is 0 Å². The van der Waals surface area contributed by atoms with Gasteiger partial charge in [-0.15, -0.1) is 0 Å². The van der Waals surface area contributed by atoms with E-state index in [0.29, 0.717) is 12.3 Å². The van der Waals surface area contributed by atoms with Gasteiger partial charge in [0.15, 0.2) is 5.76 Å². The minimum atomic E-state index is -0.148. The van der Waals surface area contributed by atoms with E-state index in [2.05, 4.69) is 0 Å². The summed E-state index contributed by atoms with van der Waals surface area (Å²) in [6.45, 7) is 0.644. The van der Waals surface area contributed by atoms with Crippen LogP contribution in [0, 0.1) is 0 Å². The van der Waals surface area contributed by atoms with Crippen molar-refractivity contribution in [2.75, 3.05) is 6.54 Å². The summed E-state index contributed by atoms with van der Waals surface area (Å²) < 4.78 is 6.85. The van der Waals surface area contributed by atoms with E-state index >= 15 is 0 Å². The molecule has 2 N–H and O–H groups in total. The van der Waals surface area contributed by atoms with E-state index in [1.54, 1.807) is 16.7 Å². The number of aryl methyl sites for hydroxylation is 1. The van der Waals surface area contributed by atoms with E-state index in [-0.39, 0.29) is 5.91 Å². The van der Waals surface area contributed by atoms with Crippen molar-refractivity contribution < 1.29 is 9.21 Å². The van der Waals surface area contributed by atoms with Gasteiger partial charge in [0.25, 0.3) is 5.91 Å². The highest BCUT2D eigenvalue weighted by Gasteiger charge is 2.16. The zero-order chi connectivity index (χ0) is 13.9. The fourth-order valence-corrected chi connectivity index (χ4v) is 2.43. The van der Waals surface area contributed by atoms with Crippen molar-refractivity contribution in [2.45, 2.75) is 12.8 Å². The molecule has 0 atom stereocenters. The lowest BCUT2D eigenvalue weighted by Gasteiger charge is -2.00. The van der Waals surface area contributed by atoms with E-state index in [9.17, 15) is 4.79 Å². The minimum absolute atomic E-state index is 0.148. The molecule has 102 valence electrons. The maximum absolute atomic E-state index is 12.5. The zero-order valence-electron chi connectivity index (χ0n) is 11.1. The summed E-state index contributed by atoms with van der Waals surface area (Å²) in [6.07, 6.45) is 5.18. The maximum Gasteiger partial charge on any atom is 0.298 e. The highest BCUT2D eigenvalue weighted by Crippen LogP contribution is 2.23. The molecule has 0 radical (unpaired) electrons. The molecule has 3 rings (SSSR count). The second-order valence-corrected chi connectivity index (χ2v) is 4.72. The minimum Gasteiger partial charge on any atom is -0.459 e. The van der Waals surface area contributed by atoms with Crippen LogP contribution in [-0.4, -0.2) is 17.0 Å². The van der Waals surface area contributed by atoms with Crippen molar-refractivity contribution in [3.63, 3.8) is 0 Å². The van der Waals surface area contributed by atoms with Crippen molar-refractivity contribution in [1.29, 1.82) is 0 Å². The third-order valence-corrected chi connectivity index (χ3v) is 3.40. The molecule has 1 aromatic carbocycles. The summed E-state index contributed by atoms with van der Waals surface area (Å²) in [6, 6.07) is 11.3. The third kappa shape index (κ3) is 2.14. The molecule has 0 saturated carbocycles. The molecule has 0 bridgehead atoms. The van der Waals surface area contributed by atoms with Gasteiger partial charge in [-0.3, -0.25) is 9.36 Å². The van der Waals surface area contributed by atoms with Crippen LogP contribution in [0.25, 0.3) is 10.9 Å². The topological polar surface area (TPSA) is 61.2 Å². The molecule has 0 saturated heterocycles. The number of benzene rings is 1.